The Morgan fingerprint density at radius 3 is 2.42 bits per heavy atom. The number of benzene rings is 2. The molecule has 2 amide bonds. The average Bonchev–Trinajstić information content (AvgIpc) is 3.14. The summed E-state index contributed by atoms with van der Waals surface area (Å²) < 4.78 is 5.55. The minimum atomic E-state index is -0.611. The Bertz CT molecular complexity index is 946. The number of aromatic hydroxyl groups is 1. The zero-order valence-electron chi connectivity index (χ0n) is 18.3. The maximum atomic E-state index is 11.7. The number of nitrogens with zero attached hydrogens (tertiary/aromatic N) is 1. The van der Waals surface area contributed by atoms with E-state index in [1.54, 1.807) is 24.3 Å². The number of anilines is 1. The second-order valence-electron chi connectivity index (χ2n) is 8.38. The highest BCUT2D eigenvalue weighted by atomic mass is 32.2. The summed E-state index contributed by atoms with van der Waals surface area (Å²) in [5.74, 6) is 0.590. The van der Waals surface area contributed by atoms with E-state index >= 15 is 0 Å². The van der Waals surface area contributed by atoms with Crippen molar-refractivity contribution in [1.29, 1.82) is 0 Å². The molecule has 1 unspecified atom stereocenters. The highest BCUT2D eigenvalue weighted by Crippen LogP contribution is 2.25. The fraction of sp³-hybridized carbons (Fsp3) is 0.417. The number of aliphatic hydroxyl groups excluding tert-OH is 1. The van der Waals surface area contributed by atoms with Gasteiger partial charge in [0.25, 0.3) is 5.24 Å². The lowest BCUT2D eigenvalue weighted by Crippen LogP contribution is -2.45. The van der Waals surface area contributed by atoms with Crippen molar-refractivity contribution in [2.45, 2.75) is 36.7 Å². The smallest absolute Gasteiger partial charge is 0.286 e. The summed E-state index contributed by atoms with van der Waals surface area (Å²) in [5.41, 5.74) is 2.19. The minimum Gasteiger partial charge on any atom is -0.508 e. The molecule has 0 saturated carbocycles. The molecule has 9 heteroatoms. The summed E-state index contributed by atoms with van der Waals surface area (Å²) in [6.45, 7) is 2.50. The number of nitrogens with one attached hydrogen (secondary N) is 2. The number of phenols is 1. The number of ether oxygens (including phenoxy) is 1. The van der Waals surface area contributed by atoms with Crippen LogP contribution in [0, 0.1) is 0 Å². The van der Waals surface area contributed by atoms with Crippen molar-refractivity contribution < 1.29 is 24.5 Å². The van der Waals surface area contributed by atoms with Gasteiger partial charge in [0, 0.05) is 31.4 Å². The predicted molar refractivity (Wildman–Crippen MR) is 128 cm³/mol. The molecule has 4 N–H and O–H groups in total. The van der Waals surface area contributed by atoms with Gasteiger partial charge in [-0.15, -0.1) is 0 Å². The first kappa shape index (κ1) is 23.4. The van der Waals surface area contributed by atoms with Crippen molar-refractivity contribution in [2.24, 2.45) is 0 Å². The molecule has 0 aliphatic carbocycles. The van der Waals surface area contributed by atoms with E-state index in [1.807, 2.05) is 12.1 Å². The summed E-state index contributed by atoms with van der Waals surface area (Å²) >= 11 is 1.06. The molecule has 0 radical (unpaired) electrons. The predicted octanol–water partition coefficient (Wildman–Crippen LogP) is 2.28. The second-order valence-corrected chi connectivity index (χ2v) is 9.56. The summed E-state index contributed by atoms with van der Waals surface area (Å²) in [7, 11) is 0. The average molecular weight is 472 g/mol. The zero-order chi connectivity index (χ0) is 23.2. The van der Waals surface area contributed by atoms with Crippen LogP contribution >= 0.6 is 11.8 Å². The highest BCUT2D eigenvalue weighted by molar-refractivity contribution is 8.15. The number of aliphatic hydroxyl groups is 1. The van der Waals surface area contributed by atoms with E-state index < -0.39 is 6.10 Å². The molecule has 2 atom stereocenters. The molecule has 33 heavy (non-hydrogen) atoms. The Balaban J connectivity index is 1.16. The van der Waals surface area contributed by atoms with Crippen LogP contribution < -0.4 is 20.3 Å². The molecule has 0 bridgehead atoms. The van der Waals surface area contributed by atoms with E-state index in [-0.39, 0.29) is 28.8 Å². The number of phenolic OH excluding ortho intramolecular Hbond substituents is 1. The molecule has 2 aliphatic heterocycles. The van der Waals surface area contributed by atoms with E-state index in [2.05, 4.69) is 27.7 Å². The van der Waals surface area contributed by atoms with Gasteiger partial charge in [-0.05, 0) is 61.2 Å². The van der Waals surface area contributed by atoms with Gasteiger partial charge >= 0.3 is 0 Å². The van der Waals surface area contributed by atoms with Gasteiger partial charge in [0.1, 0.15) is 24.2 Å². The fourth-order valence-corrected chi connectivity index (χ4v) is 4.88. The van der Waals surface area contributed by atoms with Gasteiger partial charge < -0.3 is 25.2 Å². The Labute approximate surface area is 197 Å². The van der Waals surface area contributed by atoms with Crippen molar-refractivity contribution in [2.75, 3.05) is 31.1 Å². The molecule has 2 aromatic rings. The van der Waals surface area contributed by atoms with Crippen molar-refractivity contribution in [3.63, 3.8) is 0 Å². The van der Waals surface area contributed by atoms with Gasteiger partial charge in [-0.1, -0.05) is 23.9 Å². The third-order valence-electron chi connectivity index (χ3n) is 5.91. The highest BCUT2D eigenvalue weighted by Gasteiger charge is 2.31. The topological polar surface area (TPSA) is 111 Å². The van der Waals surface area contributed by atoms with Gasteiger partial charge in [-0.3, -0.25) is 14.9 Å². The maximum absolute atomic E-state index is 11.7. The molecular weight excluding hydrogens is 442 g/mol. The minimum absolute atomic E-state index is 0.182. The normalized spacial score (nSPS) is 20.0. The van der Waals surface area contributed by atoms with Gasteiger partial charge in [-0.2, -0.15) is 0 Å². The number of amides is 2. The van der Waals surface area contributed by atoms with Crippen molar-refractivity contribution >= 4 is 28.6 Å². The van der Waals surface area contributed by atoms with Crippen LogP contribution in [0.3, 0.4) is 0 Å². The van der Waals surface area contributed by atoms with Crippen molar-refractivity contribution in [3.8, 4) is 11.5 Å². The van der Waals surface area contributed by atoms with Crippen LogP contribution in [-0.4, -0.2) is 65.0 Å². The van der Waals surface area contributed by atoms with E-state index in [0.717, 1.165) is 48.9 Å². The van der Waals surface area contributed by atoms with E-state index in [1.165, 1.54) is 0 Å². The number of hydrogen-bond donors (Lipinski definition) is 4. The third-order valence-corrected chi connectivity index (χ3v) is 6.89. The summed E-state index contributed by atoms with van der Waals surface area (Å²) in [4.78, 5) is 25.4. The molecule has 4 rings (SSSR count). The fourth-order valence-electron chi connectivity index (χ4n) is 4.02. The van der Waals surface area contributed by atoms with Gasteiger partial charge in [-0.25, -0.2) is 0 Å². The lowest BCUT2D eigenvalue weighted by Gasteiger charge is -2.34. The van der Waals surface area contributed by atoms with Gasteiger partial charge in [0.2, 0.25) is 5.91 Å². The standard InChI is InChI=1S/C24H29N3O5S/c28-19-5-7-21(8-6-19)32-15-20(29)14-25-17-9-11-27(12-10-17)18-3-1-16(2-4-18)13-22-23(30)26-24(31)33-22/h1-8,17,20,22,25,28-29H,9-15H2,(H,26,30,31)/t20-,22?/m0/s1. The number of imide groups is 1. The first-order valence-corrected chi connectivity index (χ1v) is 12.0. The van der Waals surface area contributed by atoms with Crippen molar-refractivity contribution in [3.05, 3.63) is 54.1 Å². The maximum Gasteiger partial charge on any atom is 0.286 e. The van der Waals surface area contributed by atoms with Crippen LogP contribution in [0.4, 0.5) is 10.5 Å². The molecule has 0 aromatic heterocycles. The number of piperidine rings is 1. The molecule has 2 aliphatic rings. The Kier molecular flexibility index (Phi) is 7.74. The SMILES string of the molecule is O=C1NC(=O)C(Cc2ccc(N3CCC(NC[C@H](O)COc4ccc(O)cc4)CC3)cc2)S1. The number of carbonyl (C=O) groups is 2. The van der Waals surface area contributed by atoms with E-state index in [0.29, 0.717) is 24.8 Å². The lowest BCUT2D eigenvalue weighted by molar-refractivity contribution is -0.118. The Hall–Kier alpha value is -2.75. The number of carbonyl (C=O) groups excluding carboxylic acids is 2. The third kappa shape index (κ3) is 6.63. The second kappa shape index (κ2) is 10.9. The van der Waals surface area contributed by atoms with Crippen LogP contribution in [0.2, 0.25) is 0 Å². The van der Waals surface area contributed by atoms with Crippen molar-refractivity contribution in [1.82, 2.24) is 10.6 Å². The molecule has 2 fully saturated rings. The first-order valence-electron chi connectivity index (χ1n) is 11.1. The zero-order valence-corrected chi connectivity index (χ0v) is 19.1. The van der Waals surface area contributed by atoms with Crippen LogP contribution in [-0.2, 0) is 11.2 Å². The molecule has 176 valence electrons. The summed E-state index contributed by atoms with van der Waals surface area (Å²) in [6, 6.07) is 15.0. The molecule has 8 nitrogen and oxygen atoms in total. The molecule has 0 spiro atoms. The summed E-state index contributed by atoms with van der Waals surface area (Å²) in [6.07, 6.45) is 1.90. The van der Waals surface area contributed by atoms with E-state index in [9.17, 15) is 19.8 Å². The monoisotopic (exact) mass is 471 g/mol. The number of hydrogen-bond acceptors (Lipinski definition) is 8. The van der Waals surface area contributed by atoms with Gasteiger partial charge in [0.15, 0.2) is 0 Å². The largest absolute Gasteiger partial charge is 0.508 e. The van der Waals surface area contributed by atoms with Crippen LogP contribution in [0.5, 0.6) is 11.5 Å². The van der Waals surface area contributed by atoms with Crippen LogP contribution in [0.15, 0.2) is 48.5 Å². The van der Waals surface area contributed by atoms with E-state index in [4.69, 9.17) is 4.74 Å². The Morgan fingerprint density at radius 1 is 1.09 bits per heavy atom. The molecule has 2 heterocycles. The molecular formula is C24H29N3O5S. The lowest BCUT2D eigenvalue weighted by atomic mass is 10.0. The Morgan fingerprint density at radius 2 is 1.79 bits per heavy atom. The number of thioether (sulfide) groups is 1. The van der Waals surface area contributed by atoms with Crippen LogP contribution in [0.1, 0.15) is 18.4 Å². The number of rotatable bonds is 9. The summed E-state index contributed by atoms with van der Waals surface area (Å²) in [5, 5.41) is 24.6. The van der Waals surface area contributed by atoms with Gasteiger partial charge in [0.05, 0.1) is 5.25 Å². The van der Waals surface area contributed by atoms with Crippen LogP contribution in [0.25, 0.3) is 0 Å². The quantitative estimate of drug-likeness (QED) is 0.441. The first-order chi connectivity index (χ1) is 16.0. The molecule has 2 aromatic carbocycles. The molecule has 2 saturated heterocycles.